The van der Waals surface area contributed by atoms with Crippen molar-refractivity contribution in [1.29, 1.82) is 0 Å². The number of carbonyl (C=O) groups excluding carboxylic acids is 2. The van der Waals surface area contributed by atoms with Crippen molar-refractivity contribution in [2.24, 2.45) is 0 Å². The van der Waals surface area contributed by atoms with Crippen LogP contribution >= 0.6 is 0 Å². The van der Waals surface area contributed by atoms with Crippen LogP contribution in [0.5, 0.6) is 0 Å². The molecular formula is C32H41N3O4S. The van der Waals surface area contributed by atoms with E-state index in [-0.39, 0.29) is 17.3 Å². The fourth-order valence-electron chi connectivity index (χ4n) is 4.50. The van der Waals surface area contributed by atoms with Gasteiger partial charge in [-0.25, -0.2) is 8.42 Å². The molecule has 3 aromatic rings. The normalized spacial score (nSPS) is 12.5. The van der Waals surface area contributed by atoms with Crippen LogP contribution in [0.15, 0.2) is 77.7 Å². The van der Waals surface area contributed by atoms with Gasteiger partial charge in [-0.1, -0.05) is 54.1 Å². The van der Waals surface area contributed by atoms with Crippen LogP contribution in [0, 0.1) is 20.8 Å². The third-order valence-corrected chi connectivity index (χ3v) is 8.32. The highest BCUT2D eigenvalue weighted by atomic mass is 32.2. The molecule has 8 heteroatoms. The third kappa shape index (κ3) is 8.18. The standard InChI is InChI=1S/C32H41N3O4S/c1-23-13-15-29(16-14-23)40(38,39)35(28-20-24(2)19-25(3)21-28)22-30(36)34(18-17-27-11-9-8-10-12-27)26(4)31(37)33-32(5,6)7/h8-16,19-21,26H,17-18,22H2,1-7H3,(H,33,37). The molecule has 0 aliphatic rings. The van der Waals surface area contributed by atoms with Crippen molar-refractivity contribution >= 4 is 27.5 Å². The molecule has 3 aromatic carbocycles. The Bertz CT molecular complexity index is 1410. The first-order chi connectivity index (χ1) is 18.7. The summed E-state index contributed by atoms with van der Waals surface area (Å²) in [5, 5.41) is 2.95. The maximum absolute atomic E-state index is 14.0. The molecule has 0 aliphatic heterocycles. The van der Waals surface area contributed by atoms with E-state index in [0.717, 1.165) is 26.6 Å². The summed E-state index contributed by atoms with van der Waals surface area (Å²) >= 11 is 0. The number of nitrogens with zero attached hydrogens (tertiary/aromatic N) is 2. The molecular weight excluding hydrogens is 522 g/mol. The number of aryl methyl sites for hydroxylation is 3. The van der Waals surface area contributed by atoms with Crippen molar-refractivity contribution in [2.75, 3.05) is 17.4 Å². The second-order valence-electron chi connectivity index (χ2n) is 11.4. The van der Waals surface area contributed by atoms with Crippen molar-refractivity contribution in [1.82, 2.24) is 10.2 Å². The Morgan fingerprint density at radius 3 is 1.98 bits per heavy atom. The predicted molar refractivity (Wildman–Crippen MR) is 161 cm³/mol. The summed E-state index contributed by atoms with van der Waals surface area (Å²) in [6, 6.07) is 20.9. The first kappa shape index (κ1) is 30.9. The zero-order valence-electron chi connectivity index (χ0n) is 24.6. The van der Waals surface area contributed by atoms with Gasteiger partial charge in [0.2, 0.25) is 11.8 Å². The van der Waals surface area contributed by atoms with Gasteiger partial charge in [0.15, 0.2) is 0 Å². The molecule has 1 N–H and O–H groups in total. The molecule has 2 amide bonds. The lowest BCUT2D eigenvalue weighted by Crippen LogP contribution is -2.55. The Morgan fingerprint density at radius 2 is 1.43 bits per heavy atom. The lowest BCUT2D eigenvalue weighted by atomic mass is 10.1. The summed E-state index contributed by atoms with van der Waals surface area (Å²) in [6.07, 6.45) is 0.522. The number of carbonyl (C=O) groups is 2. The minimum Gasteiger partial charge on any atom is -0.350 e. The van der Waals surface area contributed by atoms with Crippen LogP contribution in [0.25, 0.3) is 0 Å². The van der Waals surface area contributed by atoms with E-state index in [1.807, 2.05) is 77.9 Å². The van der Waals surface area contributed by atoms with Crippen molar-refractivity contribution in [3.63, 3.8) is 0 Å². The molecule has 0 aliphatic carbocycles. The number of nitrogens with one attached hydrogen (secondary N) is 1. The fourth-order valence-corrected chi connectivity index (χ4v) is 5.90. The van der Waals surface area contributed by atoms with Crippen LogP contribution in [0.2, 0.25) is 0 Å². The highest BCUT2D eigenvalue weighted by molar-refractivity contribution is 7.92. The quantitative estimate of drug-likeness (QED) is 0.368. The van der Waals surface area contributed by atoms with E-state index >= 15 is 0 Å². The van der Waals surface area contributed by atoms with E-state index in [1.54, 1.807) is 43.3 Å². The zero-order chi connectivity index (χ0) is 29.7. The minimum absolute atomic E-state index is 0.0967. The SMILES string of the molecule is Cc1ccc(S(=O)(=O)N(CC(=O)N(CCc2ccccc2)C(C)C(=O)NC(C)(C)C)c2cc(C)cc(C)c2)cc1. The summed E-state index contributed by atoms with van der Waals surface area (Å²) in [5.41, 5.74) is 3.62. The smallest absolute Gasteiger partial charge is 0.264 e. The van der Waals surface area contributed by atoms with Crippen LogP contribution in [0.4, 0.5) is 5.69 Å². The molecule has 214 valence electrons. The number of anilines is 1. The van der Waals surface area contributed by atoms with Crippen LogP contribution in [0.1, 0.15) is 49.9 Å². The van der Waals surface area contributed by atoms with Crippen LogP contribution in [0.3, 0.4) is 0 Å². The van der Waals surface area contributed by atoms with E-state index in [1.165, 1.54) is 4.90 Å². The summed E-state index contributed by atoms with van der Waals surface area (Å²) in [6.45, 7) is 12.8. The first-order valence-electron chi connectivity index (χ1n) is 13.5. The summed E-state index contributed by atoms with van der Waals surface area (Å²) in [4.78, 5) is 28.8. The number of sulfonamides is 1. The van der Waals surface area contributed by atoms with Crippen molar-refractivity contribution in [3.05, 3.63) is 95.1 Å². The molecule has 0 spiro atoms. The van der Waals surface area contributed by atoms with Crippen LogP contribution in [-0.2, 0) is 26.0 Å². The molecule has 0 aromatic heterocycles. The second-order valence-corrected chi connectivity index (χ2v) is 13.3. The highest BCUT2D eigenvalue weighted by Crippen LogP contribution is 2.27. The Morgan fingerprint density at radius 1 is 0.850 bits per heavy atom. The molecule has 40 heavy (non-hydrogen) atoms. The minimum atomic E-state index is -4.09. The molecule has 0 radical (unpaired) electrons. The first-order valence-corrected chi connectivity index (χ1v) is 14.9. The summed E-state index contributed by atoms with van der Waals surface area (Å²) < 4.78 is 29.1. The highest BCUT2D eigenvalue weighted by Gasteiger charge is 2.33. The molecule has 0 fully saturated rings. The molecule has 7 nitrogen and oxygen atoms in total. The largest absolute Gasteiger partial charge is 0.350 e. The van der Waals surface area contributed by atoms with Crippen molar-refractivity contribution in [2.45, 2.75) is 71.4 Å². The fraction of sp³-hybridized carbons (Fsp3) is 0.375. The average Bonchev–Trinajstić information content (AvgIpc) is 2.86. The number of benzene rings is 3. The van der Waals surface area contributed by atoms with Gasteiger partial charge in [0.1, 0.15) is 12.6 Å². The van der Waals surface area contributed by atoms with Gasteiger partial charge >= 0.3 is 0 Å². The summed E-state index contributed by atoms with van der Waals surface area (Å²) in [7, 11) is -4.09. The number of amides is 2. The lowest BCUT2D eigenvalue weighted by molar-refractivity contribution is -0.139. The predicted octanol–water partition coefficient (Wildman–Crippen LogP) is 5.18. The van der Waals surface area contributed by atoms with Gasteiger partial charge in [0.05, 0.1) is 10.6 Å². The van der Waals surface area contributed by atoms with Gasteiger partial charge in [-0.15, -0.1) is 0 Å². The van der Waals surface area contributed by atoms with Crippen molar-refractivity contribution < 1.29 is 18.0 Å². The van der Waals surface area contributed by atoms with E-state index < -0.39 is 34.1 Å². The Hall–Kier alpha value is -3.65. The molecule has 1 atom stereocenters. The lowest BCUT2D eigenvalue weighted by Gasteiger charge is -2.33. The van der Waals surface area contributed by atoms with Gasteiger partial charge in [-0.2, -0.15) is 0 Å². The molecule has 3 rings (SSSR count). The van der Waals surface area contributed by atoms with Gasteiger partial charge in [0.25, 0.3) is 10.0 Å². The zero-order valence-corrected chi connectivity index (χ0v) is 25.4. The topological polar surface area (TPSA) is 86.8 Å². The average molecular weight is 564 g/mol. The molecule has 0 saturated heterocycles. The Balaban J connectivity index is 2.02. The van der Waals surface area contributed by atoms with Crippen LogP contribution < -0.4 is 9.62 Å². The van der Waals surface area contributed by atoms with Gasteiger partial charge < -0.3 is 10.2 Å². The maximum Gasteiger partial charge on any atom is 0.264 e. The number of hydrogen-bond acceptors (Lipinski definition) is 4. The second kappa shape index (κ2) is 12.7. The molecule has 0 heterocycles. The summed E-state index contributed by atoms with van der Waals surface area (Å²) in [5.74, 6) is -0.754. The van der Waals surface area contributed by atoms with E-state index in [0.29, 0.717) is 12.1 Å². The van der Waals surface area contributed by atoms with Crippen molar-refractivity contribution in [3.8, 4) is 0 Å². The van der Waals surface area contributed by atoms with Gasteiger partial charge in [-0.05, 0) is 95.8 Å². The van der Waals surface area contributed by atoms with E-state index in [2.05, 4.69) is 5.32 Å². The third-order valence-electron chi connectivity index (χ3n) is 6.53. The van der Waals surface area contributed by atoms with E-state index in [4.69, 9.17) is 0 Å². The monoisotopic (exact) mass is 563 g/mol. The van der Waals surface area contributed by atoms with Gasteiger partial charge in [-0.3, -0.25) is 13.9 Å². The Kier molecular flexibility index (Phi) is 9.79. The van der Waals surface area contributed by atoms with Gasteiger partial charge in [0, 0.05) is 12.1 Å². The number of hydrogen-bond donors (Lipinski definition) is 1. The molecule has 0 saturated carbocycles. The molecule has 0 bridgehead atoms. The molecule has 1 unspecified atom stereocenters. The Labute approximate surface area is 239 Å². The van der Waals surface area contributed by atoms with Crippen LogP contribution in [-0.4, -0.2) is 49.8 Å². The number of rotatable bonds is 10. The maximum atomic E-state index is 14.0. The van der Waals surface area contributed by atoms with E-state index in [9.17, 15) is 18.0 Å².